The first kappa shape index (κ1) is 24.2. The fourth-order valence-corrected chi connectivity index (χ4v) is 4.16. The van der Waals surface area contributed by atoms with E-state index < -0.39 is 0 Å². The van der Waals surface area contributed by atoms with Crippen LogP contribution in [-0.2, 0) is 11.4 Å². The Hall–Kier alpha value is -3.93. The number of likely N-dealkylation sites (tertiary alicyclic amines) is 1. The molecule has 1 aromatic heterocycles. The zero-order valence-electron chi connectivity index (χ0n) is 20.2. The number of benzene rings is 2. The summed E-state index contributed by atoms with van der Waals surface area (Å²) in [6.45, 7) is 5.21. The first-order chi connectivity index (χ1) is 17.0. The number of piperidine rings is 1. The molecule has 1 atom stereocenters. The van der Waals surface area contributed by atoms with Crippen molar-refractivity contribution in [2.75, 3.05) is 11.9 Å². The highest BCUT2D eigenvalue weighted by atomic mass is 16.5. The molecule has 0 aliphatic carbocycles. The number of hydrogen-bond acceptors (Lipinski definition) is 4. The Morgan fingerprint density at radius 1 is 1.11 bits per heavy atom. The zero-order valence-corrected chi connectivity index (χ0v) is 20.2. The van der Waals surface area contributed by atoms with Crippen LogP contribution in [-0.4, -0.2) is 34.3 Å². The van der Waals surface area contributed by atoms with Crippen LogP contribution in [0.2, 0.25) is 0 Å². The largest absolute Gasteiger partial charge is 0.487 e. The van der Waals surface area contributed by atoms with Gasteiger partial charge in [-0.25, -0.2) is 0 Å². The van der Waals surface area contributed by atoms with Crippen molar-refractivity contribution in [3.63, 3.8) is 0 Å². The number of nitrogens with one attached hydrogen (secondary N) is 1. The maximum absolute atomic E-state index is 12.9. The number of carbonyl (C=O) groups excluding carboxylic acids is 2. The number of amides is 2. The standard InChI is InChI=1S/C29H31N3O3/c1-21-19-24(29(34)32-18-6-4-7-22(32)2)12-15-27(21)31-28(33)16-11-23-9-13-26(14-10-23)35-20-25-8-3-5-17-30-25/h3,5,8-17,19,22H,4,6-7,18,20H2,1-2H3,(H,31,33)/b16-11+. The molecule has 2 amide bonds. The Balaban J connectivity index is 1.31. The number of rotatable bonds is 7. The SMILES string of the molecule is Cc1cc(C(=O)N2CCCCC2C)ccc1NC(=O)/C=C/c1ccc(OCc2ccccn2)cc1. The van der Waals surface area contributed by atoms with Crippen LogP contribution in [0, 0.1) is 6.92 Å². The number of pyridine rings is 1. The summed E-state index contributed by atoms with van der Waals surface area (Å²) in [6, 6.07) is 18.9. The Labute approximate surface area is 206 Å². The Bertz CT molecular complexity index is 1190. The minimum atomic E-state index is -0.229. The lowest BCUT2D eigenvalue weighted by molar-refractivity contribution is -0.111. The molecular weight excluding hydrogens is 438 g/mol. The van der Waals surface area contributed by atoms with E-state index in [2.05, 4.69) is 17.2 Å². The van der Waals surface area contributed by atoms with Crippen molar-refractivity contribution in [1.29, 1.82) is 0 Å². The van der Waals surface area contributed by atoms with Gasteiger partial charge in [0.1, 0.15) is 12.4 Å². The van der Waals surface area contributed by atoms with E-state index >= 15 is 0 Å². The first-order valence-electron chi connectivity index (χ1n) is 12.0. The maximum Gasteiger partial charge on any atom is 0.254 e. The third kappa shape index (κ3) is 6.57. The van der Waals surface area contributed by atoms with Gasteiger partial charge in [0.25, 0.3) is 5.91 Å². The number of carbonyl (C=O) groups is 2. The second-order valence-electron chi connectivity index (χ2n) is 8.87. The first-order valence-corrected chi connectivity index (χ1v) is 12.0. The maximum atomic E-state index is 12.9. The van der Waals surface area contributed by atoms with Crippen molar-refractivity contribution in [2.24, 2.45) is 0 Å². The number of aromatic nitrogens is 1. The van der Waals surface area contributed by atoms with Crippen LogP contribution in [0.15, 0.2) is 72.9 Å². The minimum Gasteiger partial charge on any atom is -0.487 e. The van der Waals surface area contributed by atoms with Gasteiger partial charge in [-0.1, -0.05) is 18.2 Å². The van der Waals surface area contributed by atoms with E-state index in [1.165, 1.54) is 12.5 Å². The number of aryl methyl sites for hydroxylation is 1. The predicted molar refractivity (Wildman–Crippen MR) is 138 cm³/mol. The molecule has 2 aromatic carbocycles. The summed E-state index contributed by atoms with van der Waals surface area (Å²) in [6.07, 6.45) is 8.26. The number of hydrogen-bond donors (Lipinski definition) is 1. The molecule has 1 N–H and O–H groups in total. The van der Waals surface area contributed by atoms with Crippen LogP contribution in [0.4, 0.5) is 5.69 Å². The molecule has 1 aliphatic heterocycles. The van der Waals surface area contributed by atoms with Gasteiger partial charge >= 0.3 is 0 Å². The molecule has 0 saturated carbocycles. The highest BCUT2D eigenvalue weighted by Crippen LogP contribution is 2.22. The third-order valence-corrected chi connectivity index (χ3v) is 6.22. The van der Waals surface area contributed by atoms with Gasteiger partial charge in [0, 0.05) is 36.1 Å². The van der Waals surface area contributed by atoms with Crippen molar-refractivity contribution >= 4 is 23.6 Å². The average molecular weight is 470 g/mol. The van der Waals surface area contributed by atoms with Crippen LogP contribution >= 0.6 is 0 Å². The van der Waals surface area contributed by atoms with E-state index in [1.807, 2.05) is 60.4 Å². The van der Waals surface area contributed by atoms with Gasteiger partial charge in [0.2, 0.25) is 5.91 Å². The van der Waals surface area contributed by atoms with Gasteiger partial charge in [0.05, 0.1) is 5.69 Å². The van der Waals surface area contributed by atoms with Gasteiger partial charge in [-0.3, -0.25) is 14.6 Å². The molecule has 2 heterocycles. The lowest BCUT2D eigenvalue weighted by atomic mass is 10.0. The third-order valence-electron chi connectivity index (χ3n) is 6.22. The molecule has 1 fully saturated rings. The molecule has 1 aliphatic rings. The number of anilines is 1. The van der Waals surface area contributed by atoms with Crippen molar-refractivity contribution < 1.29 is 14.3 Å². The molecule has 4 rings (SSSR count). The fourth-order valence-electron chi connectivity index (χ4n) is 4.16. The average Bonchev–Trinajstić information content (AvgIpc) is 2.88. The lowest BCUT2D eigenvalue weighted by Gasteiger charge is -2.33. The highest BCUT2D eigenvalue weighted by Gasteiger charge is 2.24. The summed E-state index contributed by atoms with van der Waals surface area (Å²) in [5.74, 6) is 0.569. The van der Waals surface area contributed by atoms with Crippen molar-refractivity contribution in [1.82, 2.24) is 9.88 Å². The predicted octanol–water partition coefficient (Wildman–Crippen LogP) is 5.64. The van der Waals surface area contributed by atoms with E-state index in [-0.39, 0.29) is 17.9 Å². The smallest absolute Gasteiger partial charge is 0.254 e. The number of ether oxygens (including phenoxy) is 1. The van der Waals surface area contributed by atoms with Crippen molar-refractivity contribution in [3.8, 4) is 5.75 Å². The molecule has 0 spiro atoms. The van der Waals surface area contributed by atoms with Gasteiger partial charge in [-0.05, 0) is 92.8 Å². The molecule has 180 valence electrons. The summed E-state index contributed by atoms with van der Waals surface area (Å²) >= 11 is 0. The van der Waals surface area contributed by atoms with Crippen LogP contribution in [0.5, 0.6) is 5.75 Å². The zero-order chi connectivity index (χ0) is 24.6. The highest BCUT2D eigenvalue weighted by molar-refractivity contribution is 6.03. The van der Waals surface area contributed by atoms with E-state index in [1.54, 1.807) is 24.4 Å². The van der Waals surface area contributed by atoms with Crippen LogP contribution < -0.4 is 10.1 Å². The quantitative estimate of drug-likeness (QED) is 0.455. The van der Waals surface area contributed by atoms with E-state index in [9.17, 15) is 9.59 Å². The van der Waals surface area contributed by atoms with E-state index in [0.717, 1.165) is 42.0 Å². The minimum absolute atomic E-state index is 0.0607. The van der Waals surface area contributed by atoms with Crippen LogP contribution in [0.25, 0.3) is 6.08 Å². The summed E-state index contributed by atoms with van der Waals surface area (Å²) in [5.41, 5.74) is 3.97. The van der Waals surface area contributed by atoms with Crippen molar-refractivity contribution in [2.45, 2.75) is 45.8 Å². The molecule has 6 nitrogen and oxygen atoms in total. The van der Waals surface area contributed by atoms with Crippen molar-refractivity contribution in [3.05, 3.63) is 95.3 Å². The second kappa shape index (κ2) is 11.5. The topological polar surface area (TPSA) is 71.5 Å². The summed E-state index contributed by atoms with van der Waals surface area (Å²) < 4.78 is 5.74. The Morgan fingerprint density at radius 3 is 2.66 bits per heavy atom. The van der Waals surface area contributed by atoms with Crippen LogP contribution in [0.1, 0.15) is 53.4 Å². The fraction of sp³-hybridized carbons (Fsp3) is 0.276. The molecule has 3 aromatic rings. The molecule has 1 unspecified atom stereocenters. The molecular formula is C29H31N3O3. The molecule has 0 bridgehead atoms. The Morgan fingerprint density at radius 2 is 1.94 bits per heavy atom. The lowest BCUT2D eigenvalue weighted by Crippen LogP contribution is -2.42. The van der Waals surface area contributed by atoms with Gasteiger partial charge < -0.3 is 15.0 Å². The second-order valence-corrected chi connectivity index (χ2v) is 8.87. The summed E-state index contributed by atoms with van der Waals surface area (Å²) in [5, 5.41) is 2.90. The van der Waals surface area contributed by atoms with E-state index in [4.69, 9.17) is 4.74 Å². The van der Waals surface area contributed by atoms with Crippen LogP contribution in [0.3, 0.4) is 0 Å². The van der Waals surface area contributed by atoms with Gasteiger partial charge in [0.15, 0.2) is 0 Å². The van der Waals surface area contributed by atoms with E-state index in [0.29, 0.717) is 17.9 Å². The number of nitrogens with zero attached hydrogens (tertiary/aromatic N) is 2. The summed E-state index contributed by atoms with van der Waals surface area (Å²) in [7, 11) is 0. The molecule has 6 heteroatoms. The monoisotopic (exact) mass is 469 g/mol. The molecule has 1 saturated heterocycles. The molecule has 0 radical (unpaired) electrons. The van der Waals surface area contributed by atoms with Gasteiger partial charge in [-0.15, -0.1) is 0 Å². The molecule has 35 heavy (non-hydrogen) atoms. The Kier molecular flexibility index (Phi) is 7.93. The summed E-state index contributed by atoms with van der Waals surface area (Å²) in [4.78, 5) is 31.6. The normalized spacial score (nSPS) is 15.7. The van der Waals surface area contributed by atoms with Gasteiger partial charge in [-0.2, -0.15) is 0 Å².